The van der Waals surface area contributed by atoms with Crippen molar-refractivity contribution in [2.75, 3.05) is 43.6 Å². The minimum atomic E-state index is -5.46. The van der Waals surface area contributed by atoms with Gasteiger partial charge in [0, 0.05) is 49.8 Å². The molecule has 4 aliphatic rings. The molecule has 0 aromatic carbocycles. The van der Waals surface area contributed by atoms with Gasteiger partial charge in [-0.15, -0.1) is 0 Å². The summed E-state index contributed by atoms with van der Waals surface area (Å²) in [5.74, 6) is -0.592. The number of nitrogens with one attached hydrogen (secondary N) is 2. The van der Waals surface area contributed by atoms with Crippen molar-refractivity contribution in [2.24, 2.45) is 0 Å². The fraction of sp³-hybridized carbons (Fsp3) is 0.553. The number of phosphoric ester groups is 4. The second-order valence-electron chi connectivity index (χ2n) is 18.3. The number of H-pyrrole nitrogens is 2. The predicted molar refractivity (Wildman–Crippen MR) is 265 cm³/mol. The highest BCUT2D eigenvalue weighted by Crippen LogP contribution is 2.54. The average molecular weight is 1230 g/mol. The van der Waals surface area contributed by atoms with Gasteiger partial charge in [0.2, 0.25) is 5.95 Å². The first-order valence-electron chi connectivity index (χ1n) is 23.7. The van der Waals surface area contributed by atoms with E-state index in [1.165, 1.54) is 36.0 Å². The molecule has 0 aliphatic carbocycles. The monoisotopic (exact) mass is 1230 g/mol. The molecule has 3 unspecified atom stereocenters. The van der Waals surface area contributed by atoms with Crippen molar-refractivity contribution < 1.29 is 98.4 Å². The summed E-state index contributed by atoms with van der Waals surface area (Å²) in [6.45, 7) is -2.42. The minimum Gasteiger partial charge on any atom is -0.394 e. The van der Waals surface area contributed by atoms with Crippen LogP contribution in [0.4, 0.5) is 17.6 Å². The lowest BCUT2D eigenvalue weighted by atomic mass is 10.2. The van der Waals surface area contributed by atoms with Crippen molar-refractivity contribution in [3.8, 4) is 0 Å². The summed E-state index contributed by atoms with van der Waals surface area (Å²) in [4.78, 5) is 135. The standard InChI is InChI=1S/C38H51N13O26P4/c1-16-10-50(38(57)47-33(16)53)29-9-20(77-80(63,64)67-12-22-18(74-78(58,59)60)7-30(73-22)51-15-42-31-32(51)45-35(41)46-34(31)54)24(72-29)14-69-81(65,66)76-19-8-28(49-5-3-26(40)44-37(49)56)71-23(19)13-68-79(61,62)75-17-6-27(70-21(17)11-52)48-4-2-25(39)43-36(48)55/h2-5,10,15,17-24,27-30,52H,6-9,11-14H2,1H3,(H,61,62)(H,63,64)(H,65,66)(H2,39,43,55)(H2,40,44,56)(H,47,53,57)(H2,58,59,60)(H3,41,45,46,54)/t17-,18-,19-,20-,21+,22+,23+,24+,27+,28+,29+,30+/m0/s1. The summed E-state index contributed by atoms with van der Waals surface area (Å²) in [7, 11) is -21.4. The van der Waals surface area contributed by atoms with Crippen molar-refractivity contribution in [1.82, 2.24) is 48.2 Å². The molecule has 0 amide bonds. The quantitative estimate of drug-likeness (QED) is 0.0316. The van der Waals surface area contributed by atoms with Gasteiger partial charge in [-0.1, -0.05) is 0 Å². The van der Waals surface area contributed by atoms with Crippen LogP contribution in [0.2, 0.25) is 0 Å². The maximum Gasteiger partial charge on any atom is 0.472 e. The molecule has 4 aliphatic heterocycles. The molecule has 9 heterocycles. The molecule has 0 radical (unpaired) electrons. The Morgan fingerprint density at radius 2 is 1.01 bits per heavy atom. The third-order valence-electron chi connectivity index (χ3n) is 12.7. The van der Waals surface area contributed by atoms with Gasteiger partial charge in [-0.25, -0.2) is 37.6 Å². The molecule has 4 fully saturated rings. The van der Waals surface area contributed by atoms with Crippen LogP contribution in [0.15, 0.2) is 61.0 Å². The van der Waals surface area contributed by atoms with Gasteiger partial charge < -0.3 is 65.7 Å². The number of nitrogens with two attached hydrogens (primary N) is 3. The van der Waals surface area contributed by atoms with E-state index in [1.54, 1.807) is 0 Å². The summed E-state index contributed by atoms with van der Waals surface area (Å²) < 4.78 is 117. The first-order chi connectivity index (χ1) is 38.0. The number of imidazole rings is 1. The average Bonchev–Trinajstić information content (AvgIpc) is 4.33. The van der Waals surface area contributed by atoms with E-state index < -0.39 is 172 Å². The summed E-state index contributed by atoms with van der Waals surface area (Å²) >= 11 is 0. The molecule has 15 atom stereocenters. The van der Waals surface area contributed by atoms with Crippen LogP contribution < -0.4 is 45.4 Å². The van der Waals surface area contributed by atoms with E-state index in [0.29, 0.717) is 0 Å². The van der Waals surface area contributed by atoms with E-state index in [1.807, 2.05) is 0 Å². The van der Waals surface area contributed by atoms with Crippen molar-refractivity contribution in [3.63, 3.8) is 0 Å². The summed E-state index contributed by atoms with van der Waals surface area (Å²) in [6.07, 6.45) is -14.7. The molecule has 444 valence electrons. The van der Waals surface area contributed by atoms with E-state index in [4.69, 9.17) is 67.8 Å². The molecule has 14 N–H and O–H groups in total. The first kappa shape index (κ1) is 60.0. The number of nitrogens with zero attached hydrogens (tertiary/aromatic N) is 8. The van der Waals surface area contributed by atoms with Crippen LogP contribution in [0.3, 0.4) is 0 Å². The Kier molecular flexibility index (Phi) is 17.5. The van der Waals surface area contributed by atoms with Crippen LogP contribution in [-0.2, 0) is 68.9 Å². The predicted octanol–water partition coefficient (Wildman–Crippen LogP) is -2.63. The van der Waals surface area contributed by atoms with Crippen LogP contribution in [0, 0.1) is 6.92 Å². The fourth-order valence-electron chi connectivity index (χ4n) is 9.07. The second-order valence-corrected chi connectivity index (χ2v) is 23.7. The highest BCUT2D eigenvalue weighted by atomic mass is 31.2. The molecule has 81 heavy (non-hydrogen) atoms. The third-order valence-corrected chi connectivity index (χ3v) is 16.3. The highest BCUT2D eigenvalue weighted by molar-refractivity contribution is 7.48. The number of ether oxygens (including phenoxy) is 4. The Morgan fingerprint density at radius 3 is 1.46 bits per heavy atom. The van der Waals surface area contributed by atoms with Gasteiger partial charge in [0.15, 0.2) is 11.2 Å². The third kappa shape index (κ3) is 14.3. The van der Waals surface area contributed by atoms with Crippen molar-refractivity contribution >= 4 is 60.0 Å². The molecule has 4 saturated heterocycles. The Bertz CT molecular complexity index is 3670. The fourth-order valence-corrected chi connectivity index (χ4v) is 12.5. The maximum atomic E-state index is 13.9. The first-order valence-corrected chi connectivity index (χ1v) is 29.7. The molecule has 5 aromatic heterocycles. The lowest BCUT2D eigenvalue weighted by Gasteiger charge is -2.25. The molecule has 0 spiro atoms. The second kappa shape index (κ2) is 23.6. The van der Waals surface area contributed by atoms with E-state index in [9.17, 15) is 71.8 Å². The molecule has 9 rings (SSSR count). The number of nitrogen functional groups attached to an aromatic ring is 3. The molecule has 0 bridgehead atoms. The maximum absolute atomic E-state index is 13.9. The number of phosphoric acid groups is 4. The molecular formula is C38H51N13O26P4. The minimum absolute atomic E-state index is 0.00826. The lowest BCUT2D eigenvalue weighted by molar-refractivity contribution is -0.0636. The smallest absolute Gasteiger partial charge is 0.394 e. The van der Waals surface area contributed by atoms with Gasteiger partial charge in [0.1, 0.15) is 85.4 Å². The number of hydrogen-bond donors (Lipinski definition) is 11. The summed E-state index contributed by atoms with van der Waals surface area (Å²) in [5.41, 5.74) is 12.3. The number of aromatic amines is 2. The number of aliphatic hydroxyl groups is 1. The van der Waals surface area contributed by atoms with Crippen LogP contribution in [0.1, 0.15) is 56.2 Å². The van der Waals surface area contributed by atoms with E-state index in [0.717, 1.165) is 26.2 Å². The number of aryl methyl sites for hydroxylation is 1. The molecule has 0 saturated carbocycles. The van der Waals surface area contributed by atoms with Gasteiger partial charge in [-0.05, 0) is 19.1 Å². The topological polar surface area (TPSA) is 557 Å². The van der Waals surface area contributed by atoms with Crippen LogP contribution in [0.25, 0.3) is 11.2 Å². The highest BCUT2D eigenvalue weighted by Gasteiger charge is 2.49. The van der Waals surface area contributed by atoms with Crippen LogP contribution in [0.5, 0.6) is 0 Å². The van der Waals surface area contributed by atoms with Crippen molar-refractivity contribution in [2.45, 2.75) is 106 Å². The largest absolute Gasteiger partial charge is 0.472 e. The number of rotatable bonds is 22. The zero-order chi connectivity index (χ0) is 58.5. The van der Waals surface area contributed by atoms with E-state index in [2.05, 4.69) is 29.9 Å². The van der Waals surface area contributed by atoms with Gasteiger partial charge in [-0.3, -0.25) is 69.5 Å². The number of aliphatic hydroxyl groups excluding tert-OH is 1. The number of hydrogen-bond acceptors (Lipinski definition) is 28. The Balaban J connectivity index is 0.895. The molecule has 39 nitrogen and oxygen atoms in total. The Labute approximate surface area is 450 Å². The van der Waals surface area contributed by atoms with E-state index >= 15 is 0 Å². The summed E-state index contributed by atoms with van der Waals surface area (Å²) in [6, 6.07) is 2.51. The lowest BCUT2D eigenvalue weighted by Crippen LogP contribution is -2.33. The van der Waals surface area contributed by atoms with Gasteiger partial charge in [0.25, 0.3) is 11.1 Å². The Morgan fingerprint density at radius 1 is 0.593 bits per heavy atom. The van der Waals surface area contributed by atoms with Crippen LogP contribution in [-0.4, -0.2) is 153 Å². The zero-order valence-corrected chi connectivity index (χ0v) is 45.1. The molecule has 43 heteroatoms. The normalized spacial score (nSPS) is 29.2. The Hall–Kier alpha value is -5.57. The van der Waals surface area contributed by atoms with Gasteiger partial charge >= 0.3 is 48.4 Å². The van der Waals surface area contributed by atoms with E-state index in [-0.39, 0.29) is 47.2 Å². The zero-order valence-electron chi connectivity index (χ0n) is 41.5. The van der Waals surface area contributed by atoms with Crippen LogP contribution >= 0.6 is 31.3 Å². The van der Waals surface area contributed by atoms with Gasteiger partial charge in [0.05, 0.1) is 32.8 Å². The van der Waals surface area contributed by atoms with Crippen molar-refractivity contribution in [1.29, 1.82) is 0 Å². The SMILES string of the molecule is Cc1cn([C@H]2C[C@H](OP(=O)(O)OC[C@H]3O[C@@H](n4cnc5c(=O)[nH]c(N)nc54)C[C@@H]3OP(=O)(O)O)[C@@H](COP(=O)(O)O[C@H]3C[C@H](n4ccc(N)nc4=O)O[C@@H]3COP(=O)(O)O[C@H]3C[C@H](n4ccc(N)nc4=O)O[C@@H]3CO)O2)c(=O)[nH]c1=O. The van der Waals surface area contributed by atoms with Gasteiger partial charge in [-0.2, -0.15) is 15.0 Å². The number of aromatic nitrogens is 10. The summed E-state index contributed by atoms with van der Waals surface area (Å²) in [5, 5.41) is 9.98. The molecular weight excluding hydrogens is 1180 g/mol. The molecule has 5 aromatic rings. The number of fused-ring (bicyclic) bond motifs is 1. The van der Waals surface area contributed by atoms with Crippen molar-refractivity contribution in [3.05, 3.63) is 94.8 Å². The number of anilines is 3.